The molecule has 21 heavy (non-hydrogen) atoms. The van der Waals surface area contributed by atoms with Crippen LogP contribution in [0.1, 0.15) is 15.9 Å². The van der Waals surface area contributed by atoms with Crippen LogP contribution >= 0.6 is 0 Å². The lowest BCUT2D eigenvalue weighted by Crippen LogP contribution is -2.14. The Kier molecular flexibility index (Phi) is 3.97. The fourth-order valence-electron chi connectivity index (χ4n) is 1.96. The Balaban J connectivity index is 2.51. The Morgan fingerprint density at radius 2 is 1.76 bits per heavy atom. The van der Waals surface area contributed by atoms with Crippen molar-refractivity contribution in [2.75, 3.05) is 11.9 Å². The van der Waals surface area contributed by atoms with Crippen molar-refractivity contribution in [2.45, 2.75) is 6.18 Å². The van der Waals surface area contributed by atoms with Gasteiger partial charge in [-0.05, 0) is 30.3 Å². The van der Waals surface area contributed by atoms with E-state index in [4.69, 9.17) is 0 Å². The summed E-state index contributed by atoms with van der Waals surface area (Å²) < 4.78 is 52.4. The Morgan fingerprint density at radius 1 is 1.10 bits per heavy atom. The number of carbonyl (C=O) groups is 1. The van der Waals surface area contributed by atoms with Gasteiger partial charge in [0.2, 0.25) is 0 Å². The highest BCUT2D eigenvalue weighted by Gasteiger charge is 2.34. The molecule has 0 amide bonds. The Hall–Kier alpha value is -2.37. The third-order valence-corrected chi connectivity index (χ3v) is 3.07. The number of para-hydroxylation sites is 1. The fourth-order valence-corrected chi connectivity index (χ4v) is 1.96. The minimum absolute atomic E-state index is 0.137. The van der Waals surface area contributed by atoms with Gasteiger partial charge in [-0.3, -0.25) is 4.79 Å². The van der Waals surface area contributed by atoms with Crippen LogP contribution in [0, 0.1) is 5.82 Å². The SMILES string of the molecule is CN(c1ccc(C=O)c(C(F)(F)F)c1)c1ccccc1F. The van der Waals surface area contributed by atoms with Gasteiger partial charge >= 0.3 is 6.18 Å². The van der Waals surface area contributed by atoms with Gasteiger partial charge in [0.25, 0.3) is 0 Å². The lowest BCUT2D eigenvalue weighted by Gasteiger charge is -2.21. The van der Waals surface area contributed by atoms with Crippen LogP contribution in [0.4, 0.5) is 28.9 Å². The summed E-state index contributed by atoms with van der Waals surface area (Å²) >= 11 is 0. The molecular weight excluding hydrogens is 286 g/mol. The Morgan fingerprint density at radius 3 is 2.33 bits per heavy atom. The van der Waals surface area contributed by atoms with Gasteiger partial charge in [0, 0.05) is 18.3 Å². The average Bonchev–Trinajstić information content (AvgIpc) is 2.45. The Labute approximate surface area is 118 Å². The molecule has 2 aromatic carbocycles. The number of carbonyl (C=O) groups excluding carboxylic acids is 1. The zero-order valence-electron chi connectivity index (χ0n) is 11.0. The molecule has 0 aliphatic heterocycles. The zero-order valence-corrected chi connectivity index (χ0v) is 11.0. The van der Waals surface area contributed by atoms with Gasteiger partial charge in [0.05, 0.1) is 11.3 Å². The van der Waals surface area contributed by atoms with E-state index in [1.54, 1.807) is 6.07 Å². The van der Waals surface area contributed by atoms with Crippen LogP contribution in [0.5, 0.6) is 0 Å². The van der Waals surface area contributed by atoms with Crippen molar-refractivity contribution in [3.05, 3.63) is 59.4 Å². The third-order valence-electron chi connectivity index (χ3n) is 3.07. The van der Waals surface area contributed by atoms with Crippen molar-refractivity contribution in [2.24, 2.45) is 0 Å². The molecule has 6 heteroatoms. The molecule has 0 saturated heterocycles. The van der Waals surface area contributed by atoms with Crippen molar-refractivity contribution in [1.82, 2.24) is 0 Å². The van der Waals surface area contributed by atoms with Gasteiger partial charge in [-0.1, -0.05) is 12.1 Å². The van der Waals surface area contributed by atoms with E-state index in [0.717, 1.165) is 12.1 Å². The smallest absolute Gasteiger partial charge is 0.342 e. The normalized spacial score (nSPS) is 11.3. The van der Waals surface area contributed by atoms with Gasteiger partial charge in [-0.15, -0.1) is 0 Å². The number of nitrogens with zero attached hydrogens (tertiary/aromatic N) is 1. The molecule has 0 N–H and O–H groups in total. The summed E-state index contributed by atoms with van der Waals surface area (Å²) in [5.74, 6) is -0.548. The summed E-state index contributed by atoms with van der Waals surface area (Å²) in [7, 11) is 1.45. The molecule has 0 heterocycles. The zero-order chi connectivity index (χ0) is 15.6. The predicted octanol–water partition coefficient (Wildman–Crippen LogP) is 4.42. The highest BCUT2D eigenvalue weighted by molar-refractivity contribution is 5.79. The molecule has 0 fully saturated rings. The molecule has 0 aromatic heterocycles. The predicted molar refractivity (Wildman–Crippen MR) is 71.3 cm³/mol. The van der Waals surface area contributed by atoms with E-state index in [2.05, 4.69) is 0 Å². The first-order valence-electron chi connectivity index (χ1n) is 5.99. The molecule has 0 unspecified atom stereocenters. The van der Waals surface area contributed by atoms with E-state index < -0.39 is 23.1 Å². The number of alkyl halides is 3. The van der Waals surface area contributed by atoms with Crippen LogP contribution in [0.25, 0.3) is 0 Å². The second kappa shape index (κ2) is 5.55. The maximum atomic E-state index is 13.7. The van der Waals surface area contributed by atoms with Gasteiger partial charge in [-0.2, -0.15) is 13.2 Å². The second-order valence-electron chi connectivity index (χ2n) is 4.40. The fraction of sp³-hybridized carbons (Fsp3) is 0.133. The second-order valence-corrected chi connectivity index (χ2v) is 4.40. The first-order valence-corrected chi connectivity index (χ1v) is 5.99. The highest BCUT2D eigenvalue weighted by atomic mass is 19.4. The van der Waals surface area contributed by atoms with Gasteiger partial charge in [0.1, 0.15) is 5.82 Å². The molecule has 0 radical (unpaired) electrons. The Bertz CT molecular complexity index is 667. The van der Waals surface area contributed by atoms with Crippen LogP contribution in [0.15, 0.2) is 42.5 Å². The lowest BCUT2D eigenvalue weighted by molar-refractivity contribution is -0.137. The molecule has 0 spiro atoms. The van der Waals surface area contributed by atoms with Crippen LogP contribution in [-0.2, 0) is 6.18 Å². The molecule has 0 saturated carbocycles. The number of aldehydes is 1. The summed E-state index contributed by atoms with van der Waals surface area (Å²) in [6, 6.07) is 8.99. The molecule has 0 aliphatic rings. The van der Waals surface area contributed by atoms with E-state index in [0.29, 0.717) is 0 Å². The van der Waals surface area contributed by atoms with Crippen LogP contribution in [0.3, 0.4) is 0 Å². The summed E-state index contributed by atoms with van der Waals surface area (Å²) in [5, 5.41) is 0. The van der Waals surface area contributed by atoms with Gasteiger partial charge < -0.3 is 4.90 Å². The minimum Gasteiger partial charge on any atom is -0.342 e. The minimum atomic E-state index is -4.65. The van der Waals surface area contributed by atoms with Crippen molar-refractivity contribution in [3.8, 4) is 0 Å². The van der Waals surface area contributed by atoms with Crippen molar-refractivity contribution in [3.63, 3.8) is 0 Å². The molecular formula is C15H11F4NO. The summed E-state index contributed by atoms with van der Waals surface area (Å²) in [5.41, 5.74) is -1.21. The van der Waals surface area contributed by atoms with E-state index >= 15 is 0 Å². The van der Waals surface area contributed by atoms with Gasteiger partial charge in [0.15, 0.2) is 6.29 Å². The number of benzene rings is 2. The van der Waals surface area contributed by atoms with E-state index in [1.165, 1.54) is 36.2 Å². The maximum absolute atomic E-state index is 13.7. The number of rotatable bonds is 3. The molecule has 0 bridgehead atoms. The number of anilines is 2. The molecule has 110 valence electrons. The van der Waals surface area contributed by atoms with Crippen LogP contribution < -0.4 is 4.90 Å². The number of hydrogen-bond acceptors (Lipinski definition) is 2. The lowest BCUT2D eigenvalue weighted by atomic mass is 10.1. The molecule has 0 atom stereocenters. The van der Waals surface area contributed by atoms with Crippen molar-refractivity contribution < 1.29 is 22.4 Å². The standard InChI is InChI=1S/C15H11F4NO/c1-20(14-5-3-2-4-13(14)16)11-7-6-10(9-21)12(8-11)15(17,18)19/h2-9H,1H3. The number of hydrogen-bond donors (Lipinski definition) is 0. The van der Waals surface area contributed by atoms with E-state index in [-0.39, 0.29) is 17.7 Å². The monoisotopic (exact) mass is 297 g/mol. The third kappa shape index (κ3) is 3.04. The van der Waals surface area contributed by atoms with Crippen LogP contribution in [-0.4, -0.2) is 13.3 Å². The van der Waals surface area contributed by atoms with E-state index in [1.807, 2.05) is 0 Å². The maximum Gasteiger partial charge on any atom is 0.417 e. The summed E-state index contributed by atoms with van der Waals surface area (Å²) in [6.07, 6.45) is -4.50. The number of halogens is 4. The summed E-state index contributed by atoms with van der Waals surface area (Å²) in [6.45, 7) is 0. The molecule has 0 aliphatic carbocycles. The highest BCUT2D eigenvalue weighted by Crippen LogP contribution is 2.35. The first-order chi connectivity index (χ1) is 9.84. The summed E-state index contributed by atoms with van der Waals surface area (Å²) in [4.78, 5) is 12.0. The van der Waals surface area contributed by atoms with Crippen molar-refractivity contribution in [1.29, 1.82) is 0 Å². The largest absolute Gasteiger partial charge is 0.417 e. The first kappa shape index (κ1) is 15.0. The van der Waals surface area contributed by atoms with Crippen molar-refractivity contribution >= 4 is 17.7 Å². The van der Waals surface area contributed by atoms with Crippen LogP contribution in [0.2, 0.25) is 0 Å². The molecule has 2 rings (SSSR count). The topological polar surface area (TPSA) is 20.3 Å². The molecule has 2 aromatic rings. The molecule has 2 nitrogen and oxygen atoms in total. The quantitative estimate of drug-likeness (QED) is 0.617. The van der Waals surface area contributed by atoms with Gasteiger partial charge in [-0.25, -0.2) is 4.39 Å². The average molecular weight is 297 g/mol. The van der Waals surface area contributed by atoms with E-state index in [9.17, 15) is 22.4 Å².